The van der Waals surface area contributed by atoms with E-state index in [4.69, 9.17) is 11.6 Å². The van der Waals surface area contributed by atoms with Crippen LogP contribution in [0.4, 0.5) is 0 Å². The molecule has 0 unspecified atom stereocenters. The summed E-state index contributed by atoms with van der Waals surface area (Å²) in [5.74, 6) is 0.624. The van der Waals surface area contributed by atoms with Crippen LogP contribution in [0.2, 0.25) is 5.02 Å². The average Bonchev–Trinajstić information content (AvgIpc) is 3.00. The zero-order chi connectivity index (χ0) is 21.3. The number of hydrogen-bond acceptors (Lipinski definition) is 2. The molecule has 1 aliphatic rings. The quantitative estimate of drug-likeness (QED) is 0.498. The number of para-hydroxylation sites is 1. The van der Waals surface area contributed by atoms with Gasteiger partial charge in [-0.05, 0) is 61.4 Å². The minimum Gasteiger partial charge on any atom is -0.340 e. The summed E-state index contributed by atoms with van der Waals surface area (Å²) < 4.78 is 29.0. The molecule has 2 heterocycles. The number of aromatic nitrogens is 1. The maximum atomic E-state index is 12.5. The zero-order valence-corrected chi connectivity index (χ0v) is 19.2. The Labute approximate surface area is 184 Å². The number of fused-ring (bicyclic) bond motifs is 1. The monoisotopic (exact) mass is 444 g/mol. The van der Waals surface area contributed by atoms with Gasteiger partial charge in [0.05, 0.1) is 5.75 Å². The predicted molar refractivity (Wildman–Crippen MR) is 125 cm³/mol. The van der Waals surface area contributed by atoms with Crippen molar-refractivity contribution in [2.24, 2.45) is 0 Å². The van der Waals surface area contributed by atoms with Crippen molar-refractivity contribution in [3.8, 4) is 0 Å². The van der Waals surface area contributed by atoms with E-state index in [0.717, 1.165) is 24.4 Å². The van der Waals surface area contributed by atoms with Crippen molar-refractivity contribution in [2.75, 3.05) is 18.8 Å². The highest BCUT2D eigenvalue weighted by atomic mass is 35.5. The van der Waals surface area contributed by atoms with Crippen LogP contribution in [0.15, 0.2) is 48.5 Å². The minimum atomic E-state index is -3.12. The minimum absolute atomic E-state index is 0.246. The first-order valence-corrected chi connectivity index (χ1v) is 12.7. The van der Waals surface area contributed by atoms with E-state index in [0.29, 0.717) is 25.4 Å². The average molecular weight is 445 g/mol. The number of benzene rings is 2. The second kappa shape index (κ2) is 8.74. The highest BCUT2D eigenvalue weighted by molar-refractivity contribution is 7.89. The van der Waals surface area contributed by atoms with Crippen molar-refractivity contribution in [2.45, 2.75) is 45.6 Å². The summed E-state index contributed by atoms with van der Waals surface area (Å²) in [6.45, 7) is 6.11. The van der Waals surface area contributed by atoms with Gasteiger partial charge in [0, 0.05) is 41.3 Å². The van der Waals surface area contributed by atoms with Crippen LogP contribution in [-0.2, 0) is 16.6 Å². The first kappa shape index (κ1) is 21.4. The summed E-state index contributed by atoms with van der Waals surface area (Å²) in [7, 11) is -3.12. The van der Waals surface area contributed by atoms with Crippen molar-refractivity contribution < 1.29 is 8.42 Å². The number of sulfonamides is 1. The van der Waals surface area contributed by atoms with Crippen LogP contribution in [0, 0.1) is 6.92 Å². The summed E-state index contributed by atoms with van der Waals surface area (Å²) in [6.07, 6.45) is 2.41. The Bertz CT molecular complexity index is 1150. The standard InChI is InChI=1S/C24H29ClN2O2S/c1-3-15-30(28,29)26-13-11-20(12-14-26)24-18(2)27(23-10-5-4-9-22(23)24)17-19-7-6-8-21(25)16-19/h4-10,16,20H,3,11-15,17H2,1-2H3. The molecule has 0 amide bonds. The molecular weight excluding hydrogens is 416 g/mol. The van der Waals surface area contributed by atoms with Crippen molar-refractivity contribution in [1.82, 2.24) is 8.87 Å². The van der Waals surface area contributed by atoms with E-state index in [2.05, 4.69) is 41.8 Å². The second-order valence-electron chi connectivity index (χ2n) is 8.22. The van der Waals surface area contributed by atoms with Gasteiger partial charge in [0.25, 0.3) is 0 Å². The third kappa shape index (κ3) is 4.16. The maximum Gasteiger partial charge on any atom is 0.214 e. The Balaban J connectivity index is 1.65. The third-order valence-electron chi connectivity index (χ3n) is 6.23. The maximum absolute atomic E-state index is 12.5. The zero-order valence-electron chi connectivity index (χ0n) is 17.6. The van der Waals surface area contributed by atoms with Crippen LogP contribution >= 0.6 is 11.6 Å². The van der Waals surface area contributed by atoms with Gasteiger partial charge in [-0.2, -0.15) is 0 Å². The van der Waals surface area contributed by atoms with Crippen molar-refractivity contribution >= 4 is 32.5 Å². The first-order chi connectivity index (χ1) is 14.4. The Kier molecular flexibility index (Phi) is 6.24. The lowest BCUT2D eigenvalue weighted by Crippen LogP contribution is -2.39. The molecule has 1 aromatic heterocycles. The smallest absolute Gasteiger partial charge is 0.214 e. The third-order valence-corrected chi connectivity index (χ3v) is 8.54. The number of halogens is 1. The molecule has 6 heteroatoms. The summed E-state index contributed by atoms with van der Waals surface area (Å²) in [6, 6.07) is 16.6. The normalized spacial score (nSPS) is 16.4. The second-order valence-corrected chi connectivity index (χ2v) is 10.7. The van der Waals surface area contributed by atoms with E-state index in [1.807, 2.05) is 25.1 Å². The molecule has 160 valence electrons. The molecule has 1 aliphatic heterocycles. The summed E-state index contributed by atoms with van der Waals surface area (Å²) in [5, 5.41) is 2.04. The summed E-state index contributed by atoms with van der Waals surface area (Å²) in [5.41, 5.74) is 5.05. The predicted octanol–water partition coefficient (Wildman–Crippen LogP) is 5.57. The van der Waals surface area contributed by atoms with Gasteiger partial charge in [0.2, 0.25) is 10.0 Å². The molecule has 0 bridgehead atoms. The van der Waals surface area contributed by atoms with Crippen LogP contribution in [0.3, 0.4) is 0 Å². The fourth-order valence-corrected chi connectivity index (χ4v) is 6.56. The number of rotatable bonds is 6. The van der Waals surface area contributed by atoms with Gasteiger partial charge in [-0.3, -0.25) is 0 Å². The van der Waals surface area contributed by atoms with Crippen LogP contribution in [-0.4, -0.2) is 36.1 Å². The lowest BCUT2D eigenvalue weighted by atomic mass is 9.88. The highest BCUT2D eigenvalue weighted by Gasteiger charge is 2.30. The lowest BCUT2D eigenvalue weighted by Gasteiger charge is -2.31. The van der Waals surface area contributed by atoms with Gasteiger partial charge < -0.3 is 4.57 Å². The van der Waals surface area contributed by atoms with Crippen molar-refractivity contribution in [1.29, 1.82) is 0 Å². The van der Waals surface area contributed by atoms with Crippen molar-refractivity contribution in [3.63, 3.8) is 0 Å². The molecule has 4 rings (SSSR count). The van der Waals surface area contributed by atoms with E-state index in [9.17, 15) is 8.42 Å². The Morgan fingerprint density at radius 3 is 2.50 bits per heavy atom. The molecule has 0 spiro atoms. The molecule has 0 atom stereocenters. The number of hydrogen-bond donors (Lipinski definition) is 0. The van der Waals surface area contributed by atoms with Gasteiger partial charge in [-0.1, -0.05) is 48.9 Å². The van der Waals surface area contributed by atoms with E-state index < -0.39 is 10.0 Å². The molecule has 0 radical (unpaired) electrons. The van der Waals surface area contributed by atoms with E-state index >= 15 is 0 Å². The molecule has 3 aromatic rings. The Hall–Kier alpha value is -1.82. The van der Waals surface area contributed by atoms with Gasteiger partial charge in [-0.25, -0.2) is 12.7 Å². The fraction of sp³-hybridized carbons (Fsp3) is 0.417. The van der Waals surface area contributed by atoms with E-state index in [1.165, 1.54) is 27.7 Å². The van der Waals surface area contributed by atoms with Crippen LogP contribution < -0.4 is 0 Å². The molecule has 0 aliphatic carbocycles. The number of piperidine rings is 1. The number of nitrogens with zero attached hydrogens (tertiary/aromatic N) is 2. The van der Waals surface area contributed by atoms with E-state index in [-0.39, 0.29) is 5.75 Å². The summed E-state index contributed by atoms with van der Waals surface area (Å²) >= 11 is 6.21. The molecule has 4 nitrogen and oxygen atoms in total. The summed E-state index contributed by atoms with van der Waals surface area (Å²) in [4.78, 5) is 0. The topological polar surface area (TPSA) is 42.3 Å². The Morgan fingerprint density at radius 1 is 1.07 bits per heavy atom. The molecule has 2 aromatic carbocycles. The molecule has 1 fully saturated rings. The molecule has 0 saturated carbocycles. The molecule has 0 N–H and O–H groups in total. The van der Waals surface area contributed by atoms with Gasteiger partial charge in [0.1, 0.15) is 0 Å². The van der Waals surface area contributed by atoms with Gasteiger partial charge in [-0.15, -0.1) is 0 Å². The van der Waals surface area contributed by atoms with Crippen LogP contribution in [0.1, 0.15) is 48.9 Å². The fourth-order valence-electron chi connectivity index (χ4n) is 4.80. The largest absolute Gasteiger partial charge is 0.340 e. The van der Waals surface area contributed by atoms with Crippen molar-refractivity contribution in [3.05, 3.63) is 70.4 Å². The molecular formula is C24H29ClN2O2S. The SMILES string of the molecule is CCCS(=O)(=O)N1CCC(c2c(C)n(Cc3cccc(Cl)c3)c3ccccc23)CC1. The highest BCUT2D eigenvalue weighted by Crippen LogP contribution is 2.38. The Morgan fingerprint density at radius 2 is 1.80 bits per heavy atom. The van der Waals surface area contributed by atoms with Gasteiger partial charge in [0.15, 0.2) is 0 Å². The molecule has 30 heavy (non-hydrogen) atoms. The first-order valence-electron chi connectivity index (χ1n) is 10.7. The molecule has 1 saturated heterocycles. The van der Waals surface area contributed by atoms with Crippen LogP contribution in [0.5, 0.6) is 0 Å². The lowest BCUT2D eigenvalue weighted by molar-refractivity contribution is 0.319. The van der Waals surface area contributed by atoms with Crippen LogP contribution in [0.25, 0.3) is 10.9 Å². The van der Waals surface area contributed by atoms with Gasteiger partial charge >= 0.3 is 0 Å². The van der Waals surface area contributed by atoms with E-state index in [1.54, 1.807) is 4.31 Å².